The molecule has 0 spiro atoms. The second-order valence-electron chi connectivity index (χ2n) is 6.22. The van der Waals surface area contributed by atoms with Crippen molar-refractivity contribution >= 4 is 50.5 Å². The molecule has 5 nitrogen and oxygen atoms in total. The number of nitro groups is 1. The van der Waals surface area contributed by atoms with Crippen molar-refractivity contribution in [2.45, 2.75) is 6.54 Å². The molecule has 0 amide bonds. The highest BCUT2D eigenvalue weighted by atomic mass is 79.9. The standard InChI is InChI=1S/C22H17N3O2S.BrH/c1-2-13-24-21(17-9-5-10-18(14-17)25(26)27)15-28-22(24)23-20-12-6-8-16-7-3-4-11-19(16)20;/h2-12,14-15H,1,13H2;1H. The van der Waals surface area contributed by atoms with E-state index in [1.807, 2.05) is 40.3 Å². The zero-order valence-electron chi connectivity index (χ0n) is 15.4. The van der Waals surface area contributed by atoms with Crippen LogP contribution in [0.4, 0.5) is 11.4 Å². The average molecular weight is 468 g/mol. The van der Waals surface area contributed by atoms with Crippen LogP contribution in [0.15, 0.2) is 89.8 Å². The van der Waals surface area contributed by atoms with Crippen molar-refractivity contribution in [3.8, 4) is 11.3 Å². The lowest BCUT2D eigenvalue weighted by molar-refractivity contribution is -0.384. The molecule has 0 aliphatic rings. The Bertz CT molecular complexity index is 1250. The maximum absolute atomic E-state index is 11.1. The number of benzene rings is 3. The molecule has 29 heavy (non-hydrogen) atoms. The quantitative estimate of drug-likeness (QED) is 0.197. The minimum absolute atomic E-state index is 0. The first-order chi connectivity index (χ1) is 13.7. The summed E-state index contributed by atoms with van der Waals surface area (Å²) in [7, 11) is 0. The summed E-state index contributed by atoms with van der Waals surface area (Å²) >= 11 is 1.51. The number of rotatable bonds is 5. The van der Waals surface area contributed by atoms with E-state index in [0.717, 1.165) is 32.5 Å². The zero-order chi connectivity index (χ0) is 19.5. The molecule has 4 aromatic rings. The minimum Gasteiger partial charge on any atom is -0.313 e. The van der Waals surface area contributed by atoms with Gasteiger partial charge in [-0.3, -0.25) is 10.1 Å². The van der Waals surface area contributed by atoms with Gasteiger partial charge in [-0.15, -0.1) is 34.9 Å². The topological polar surface area (TPSA) is 60.4 Å². The molecule has 0 radical (unpaired) electrons. The van der Waals surface area contributed by atoms with Gasteiger partial charge in [0.15, 0.2) is 4.80 Å². The molecule has 3 aromatic carbocycles. The second-order valence-corrected chi connectivity index (χ2v) is 7.06. The summed E-state index contributed by atoms with van der Waals surface area (Å²) < 4.78 is 2.03. The molecule has 146 valence electrons. The van der Waals surface area contributed by atoms with Crippen molar-refractivity contribution in [1.29, 1.82) is 0 Å². The normalized spacial score (nSPS) is 11.2. The van der Waals surface area contributed by atoms with Gasteiger partial charge in [0, 0.05) is 35.0 Å². The summed E-state index contributed by atoms with van der Waals surface area (Å²) in [6.07, 6.45) is 1.80. The second kappa shape index (κ2) is 8.98. The number of halogens is 1. The first-order valence-corrected chi connectivity index (χ1v) is 9.62. The SMILES string of the molecule is Br.C=CCn1c(-c2cccc([N+](=O)[O-])c2)csc1=Nc1cccc2ccccc12. The van der Waals surface area contributed by atoms with Crippen LogP contribution in [0.1, 0.15) is 0 Å². The first-order valence-electron chi connectivity index (χ1n) is 8.74. The fourth-order valence-corrected chi connectivity index (χ4v) is 4.07. The molecule has 0 unspecified atom stereocenters. The molecule has 1 aromatic heterocycles. The monoisotopic (exact) mass is 467 g/mol. The molecule has 0 bridgehead atoms. The molecule has 0 N–H and O–H groups in total. The summed E-state index contributed by atoms with van der Waals surface area (Å²) in [6.45, 7) is 4.41. The number of nitrogens with zero attached hydrogens (tertiary/aromatic N) is 3. The molecule has 7 heteroatoms. The lowest BCUT2D eigenvalue weighted by Gasteiger charge is -2.07. The van der Waals surface area contributed by atoms with Crippen molar-refractivity contribution in [2.24, 2.45) is 4.99 Å². The Morgan fingerprint density at radius 2 is 1.86 bits per heavy atom. The zero-order valence-corrected chi connectivity index (χ0v) is 17.9. The Kier molecular flexibility index (Phi) is 6.41. The highest BCUT2D eigenvalue weighted by Gasteiger charge is 2.12. The van der Waals surface area contributed by atoms with Crippen LogP contribution in [0.25, 0.3) is 22.0 Å². The fourth-order valence-electron chi connectivity index (χ4n) is 3.14. The molecule has 0 aliphatic carbocycles. The van der Waals surface area contributed by atoms with Gasteiger partial charge in [-0.25, -0.2) is 4.99 Å². The average Bonchev–Trinajstić information content (AvgIpc) is 3.11. The predicted molar refractivity (Wildman–Crippen MR) is 124 cm³/mol. The molecule has 4 rings (SSSR count). The van der Waals surface area contributed by atoms with Crippen LogP contribution in [0.2, 0.25) is 0 Å². The Morgan fingerprint density at radius 3 is 2.66 bits per heavy atom. The Hall–Kier alpha value is -3.03. The van der Waals surface area contributed by atoms with Crippen LogP contribution in [0.3, 0.4) is 0 Å². The Morgan fingerprint density at radius 1 is 1.10 bits per heavy atom. The van der Waals surface area contributed by atoms with Gasteiger partial charge in [0.25, 0.3) is 5.69 Å². The maximum Gasteiger partial charge on any atom is 0.270 e. The third-order valence-electron chi connectivity index (χ3n) is 4.44. The number of thiazole rings is 1. The lowest BCUT2D eigenvalue weighted by atomic mass is 10.1. The molecule has 0 saturated carbocycles. The Labute approximate surface area is 182 Å². The van der Waals surface area contributed by atoms with E-state index >= 15 is 0 Å². The largest absolute Gasteiger partial charge is 0.313 e. The smallest absolute Gasteiger partial charge is 0.270 e. The first kappa shape index (κ1) is 20.7. The predicted octanol–water partition coefficient (Wildman–Crippen LogP) is 6.27. The van der Waals surface area contributed by atoms with Gasteiger partial charge in [0.2, 0.25) is 0 Å². The van der Waals surface area contributed by atoms with Crippen LogP contribution in [-0.2, 0) is 6.54 Å². The lowest BCUT2D eigenvalue weighted by Crippen LogP contribution is -2.14. The number of non-ortho nitro benzene ring substituents is 1. The fraction of sp³-hybridized carbons (Fsp3) is 0.0455. The molecular weight excluding hydrogens is 450 g/mol. The highest BCUT2D eigenvalue weighted by Crippen LogP contribution is 2.27. The number of nitro benzene ring substituents is 1. The van der Waals surface area contributed by atoms with Gasteiger partial charge in [0.05, 0.1) is 16.3 Å². The van der Waals surface area contributed by atoms with Gasteiger partial charge < -0.3 is 4.57 Å². The van der Waals surface area contributed by atoms with E-state index in [1.54, 1.807) is 18.2 Å². The number of fused-ring (bicyclic) bond motifs is 1. The van der Waals surface area contributed by atoms with Crippen LogP contribution in [-0.4, -0.2) is 9.49 Å². The van der Waals surface area contributed by atoms with E-state index < -0.39 is 0 Å². The van der Waals surface area contributed by atoms with Crippen molar-refractivity contribution in [2.75, 3.05) is 0 Å². The maximum atomic E-state index is 11.1. The van der Waals surface area contributed by atoms with E-state index in [1.165, 1.54) is 17.4 Å². The van der Waals surface area contributed by atoms with Gasteiger partial charge >= 0.3 is 0 Å². The number of aromatic nitrogens is 1. The van der Waals surface area contributed by atoms with E-state index in [4.69, 9.17) is 4.99 Å². The molecule has 0 aliphatic heterocycles. The van der Waals surface area contributed by atoms with Crippen LogP contribution >= 0.6 is 28.3 Å². The van der Waals surface area contributed by atoms with E-state index in [-0.39, 0.29) is 27.6 Å². The van der Waals surface area contributed by atoms with E-state index in [0.29, 0.717) is 6.54 Å². The van der Waals surface area contributed by atoms with Crippen LogP contribution in [0, 0.1) is 10.1 Å². The van der Waals surface area contributed by atoms with Crippen molar-refractivity contribution in [1.82, 2.24) is 4.57 Å². The summed E-state index contributed by atoms with van der Waals surface area (Å²) in [5, 5.41) is 15.3. The van der Waals surface area contributed by atoms with Crippen molar-refractivity contribution in [3.63, 3.8) is 0 Å². The molecule has 0 saturated heterocycles. The van der Waals surface area contributed by atoms with E-state index in [9.17, 15) is 10.1 Å². The van der Waals surface area contributed by atoms with Crippen molar-refractivity contribution < 1.29 is 4.92 Å². The third-order valence-corrected chi connectivity index (χ3v) is 5.31. The van der Waals surface area contributed by atoms with Gasteiger partial charge in [-0.1, -0.05) is 54.6 Å². The number of allylic oxidation sites excluding steroid dienone is 1. The Balaban J connectivity index is 0.00000240. The molecular formula is C22H18BrN3O2S. The summed E-state index contributed by atoms with van der Waals surface area (Å²) in [5.41, 5.74) is 2.63. The van der Waals surface area contributed by atoms with Crippen LogP contribution in [0.5, 0.6) is 0 Å². The third kappa shape index (κ3) is 4.21. The summed E-state index contributed by atoms with van der Waals surface area (Å²) in [6, 6.07) is 20.8. The van der Waals surface area contributed by atoms with Gasteiger partial charge in [-0.05, 0) is 11.5 Å². The van der Waals surface area contributed by atoms with Crippen LogP contribution < -0.4 is 4.80 Å². The highest BCUT2D eigenvalue weighted by molar-refractivity contribution is 8.93. The van der Waals surface area contributed by atoms with E-state index in [2.05, 4.69) is 24.8 Å². The minimum atomic E-state index is -0.380. The number of hydrogen-bond acceptors (Lipinski definition) is 4. The number of hydrogen-bond donors (Lipinski definition) is 0. The van der Waals surface area contributed by atoms with Gasteiger partial charge in [-0.2, -0.15) is 0 Å². The van der Waals surface area contributed by atoms with Crippen molar-refractivity contribution in [3.05, 3.63) is 99.7 Å². The summed E-state index contributed by atoms with van der Waals surface area (Å²) in [4.78, 5) is 16.5. The van der Waals surface area contributed by atoms with Gasteiger partial charge in [0.1, 0.15) is 0 Å². The molecule has 1 heterocycles. The summed E-state index contributed by atoms with van der Waals surface area (Å²) in [5.74, 6) is 0. The molecule has 0 atom stereocenters. The molecule has 0 fully saturated rings.